The van der Waals surface area contributed by atoms with E-state index in [9.17, 15) is 13.2 Å². The van der Waals surface area contributed by atoms with Gasteiger partial charge in [0.1, 0.15) is 10.6 Å². The fourth-order valence-corrected chi connectivity index (χ4v) is 4.51. The Hall–Kier alpha value is -1.38. The number of nitrogens with one attached hydrogen (secondary N) is 1. The highest BCUT2D eigenvalue weighted by Crippen LogP contribution is 2.27. The zero-order chi connectivity index (χ0) is 16.5. The molecule has 0 atom stereocenters. The Balaban J connectivity index is 2.37. The number of hydrogen-bond acceptors (Lipinski definition) is 5. The Morgan fingerprint density at radius 3 is 2.36 bits per heavy atom. The standard InChI is InChI=1S/C14H23N3O4S/c1-5-21-14(18)12-10(2)13(11(3)15-12)22(19,20)17-8-6-16(4)7-9-17/h15H,5-9H2,1-4H3. The quantitative estimate of drug-likeness (QED) is 0.824. The Labute approximate surface area is 131 Å². The van der Waals surface area contributed by atoms with Gasteiger partial charge in [0.25, 0.3) is 0 Å². The number of piperazine rings is 1. The molecule has 0 bridgehead atoms. The Kier molecular flexibility index (Phi) is 4.93. The van der Waals surface area contributed by atoms with E-state index in [2.05, 4.69) is 9.88 Å². The van der Waals surface area contributed by atoms with Crippen molar-refractivity contribution in [1.82, 2.24) is 14.2 Å². The van der Waals surface area contributed by atoms with Crippen LogP contribution in [0.2, 0.25) is 0 Å². The van der Waals surface area contributed by atoms with Gasteiger partial charge >= 0.3 is 5.97 Å². The number of nitrogens with zero attached hydrogens (tertiary/aromatic N) is 2. The van der Waals surface area contributed by atoms with Crippen LogP contribution in [0, 0.1) is 13.8 Å². The fraction of sp³-hybridized carbons (Fsp3) is 0.643. The van der Waals surface area contributed by atoms with E-state index in [0.29, 0.717) is 37.4 Å². The molecule has 0 amide bonds. The van der Waals surface area contributed by atoms with E-state index >= 15 is 0 Å². The molecule has 0 radical (unpaired) electrons. The first-order valence-electron chi connectivity index (χ1n) is 7.34. The van der Waals surface area contributed by atoms with Crippen LogP contribution in [0.3, 0.4) is 0 Å². The minimum atomic E-state index is -3.61. The summed E-state index contributed by atoms with van der Waals surface area (Å²) >= 11 is 0. The van der Waals surface area contributed by atoms with Crippen molar-refractivity contribution in [2.75, 3.05) is 39.8 Å². The Bertz CT molecular complexity index is 658. The first kappa shape index (κ1) is 17.0. The molecule has 1 aliphatic rings. The molecule has 1 fully saturated rings. The van der Waals surface area contributed by atoms with Crippen LogP contribution in [0.4, 0.5) is 0 Å². The molecule has 7 nitrogen and oxygen atoms in total. The molecule has 124 valence electrons. The second kappa shape index (κ2) is 6.39. The van der Waals surface area contributed by atoms with E-state index in [0.717, 1.165) is 0 Å². The molecule has 2 rings (SSSR count). The van der Waals surface area contributed by atoms with E-state index in [1.54, 1.807) is 20.8 Å². The monoisotopic (exact) mass is 329 g/mol. The van der Waals surface area contributed by atoms with Gasteiger partial charge < -0.3 is 14.6 Å². The number of aromatic nitrogens is 1. The maximum absolute atomic E-state index is 12.9. The van der Waals surface area contributed by atoms with Crippen LogP contribution in [0.15, 0.2) is 4.90 Å². The van der Waals surface area contributed by atoms with Gasteiger partial charge in [0.2, 0.25) is 10.0 Å². The van der Waals surface area contributed by atoms with E-state index in [4.69, 9.17) is 4.74 Å². The molecule has 0 unspecified atom stereocenters. The van der Waals surface area contributed by atoms with Crippen LogP contribution in [-0.4, -0.2) is 68.4 Å². The fourth-order valence-electron chi connectivity index (χ4n) is 2.68. The minimum absolute atomic E-state index is 0.195. The Morgan fingerprint density at radius 2 is 1.82 bits per heavy atom. The first-order chi connectivity index (χ1) is 10.3. The molecule has 1 aromatic rings. The third-order valence-electron chi connectivity index (χ3n) is 3.91. The number of rotatable bonds is 4. The van der Waals surface area contributed by atoms with Crippen LogP contribution < -0.4 is 0 Å². The number of ether oxygens (including phenoxy) is 1. The second-order valence-electron chi connectivity index (χ2n) is 5.51. The highest BCUT2D eigenvalue weighted by atomic mass is 32.2. The summed E-state index contributed by atoms with van der Waals surface area (Å²) in [6.45, 7) is 7.58. The smallest absolute Gasteiger partial charge is 0.355 e. The number of likely N-dealkylation sites (N-methyl/N-ethyl adjacent to an activating group) is 1. The van der Waals surface area contributed by atoms with Crippen molar-refractivity contribution in [2.24, 2.45) is 0 Å². The SMILES string of the molecule is CCOC(=O)c1[nH]c(C)c(S(=O)(=O)N2CCN(C)CC2)c1C. The van der Waals surface area contributed by atoms with Gasteiger partial charge in [0.15, 0.2) is 0 Å². The molecule has 1 N–H and O–H groups in total. The van der Waals surface area contributed by atoms with Crippen LogP contribution in [0.1, 0.15) is 28.7 Å². The highest BCUT2D eigenvalue weighted by molar-refractivity contribution is 7.89. The van der Waals surface area contributed by atoms with Gasteiger partial charge in [-0.25, -0.2) is 13.2 Å². The molecule has 0 saturated carbocycles. The number of carbonyl (C=O) groups excluding carboxylic acids is 1. The number of H-pyrrole nitrogens is 1. The summed E-state index contributed by atoms with van der Waals surface area (Å²) in [7, 11) is -1.64. The normalized spacial score (nSPS) is 17.6. The largest absolute Gasteiger partial charge is 0.461 e. The van der Waals surface area contributed by atoms with Gasteiger partial charge in [-0.05, 0) is 27.8 Å². The summed E-state index contributed by atoms with van der Waals surface area (Å²) in [5.74, 6) is -0.525. The van der Waals surface area contributed by atoms with Gasteiger partial charge in [-0.1, -0.05) is 0 Å². The maximum atomic E-state index is 12.9. The van der Waals surface area contributed by atoms with Crippen LogP contribution in [-0.2, 0) is 14.8 Å². The van der Waals surface area contributed by atoms with Gasteiger partial charge in [-0.15, -0.1) is 0 Å². The second-order valence-corrected chi connectivity index (χ2v) is 7.38. The molecule has 0 aromatic carbocycles. The average Bonchev–Trinajstić information content (AvgIpc) is 2.75. The highest BCUT2D eigenvalue weighted by Gasteiger charge is 2.33. The average molecular weight is 329 g/mol. The molecule has 1 saturated heterocycles. The number of hydrogen-bond donors (Lipinski definition) is 1. The van der Waals surface area contributed by atoms with Crippen LogP contribution in [0.5, 0.6) is 0 Å². The lowest BCUT2D eigenvalue weighted by Crippen LogP contribution is -2.47. The summed E-state index contributed by atoms with van der Waals surface area (Å²) in [5, 5.41) is 0. The van der Waals surface area contributed by atoms with Gasteiger partial charge in [0, 0.05) is 37.4 Å². The number of sulfonamides is 1. The third-order valence-corrected chi connectivity index (χ3v) is 6.08. The van der Waals surface area contributed by atoms with E-state index in [-0.39, 0.29) is 17.2 Å². The van der Waals surface area contributed by atoms with Gasteiger partial charge in [-0.2, -0.15) is 4.31 Å². The van der Waals surface area contributed by atoms with Gasteiger partial charge in [-0.3, -0.25) is 0 Å². The zero-order valence-corrected chi connectivity index (χ0v) is 14.3. The van der Waals surface area contributed by atoms with Crippen molar-refractivity contribution in [3.63, 3.8) is 0 Å². The number of aromatic amines is 1. The number of aryl methyl sites for hydroxylation is 1. The van der Waals surface area contributed by atoms with E-state index < -0.39 is 16.0 Å². The van der Waals surface area contributed by atoms with E-state index in [1.807, 2.05) is 7.05 Å². The van der Waals surface area contributed by atoms with Gasteiger partial charge in [0.05, 0.1) is 6.61 Å². The van der Waals surface area contributed by atoms with Crippen LogP contribution >= 0.6 is 0 Å². The summed E-state index contributed by atoms with van der Waals surface area (Å²) < 4.78 is 32.2. The predicted octanol–water partition coefficient (Wildman–Crippen LogP) is 0.744. The summed E-state index contributed by atoms with van der Waals surface area (Å²) in [4.78, 5) is 17.1. The third kappa shape index (κ3) is 3.04. The molecule has 8 heteroatoms. The summed E-state index contributed by atoms with van der Waals surface area (Å²) in [6.07, 6.45) is 0. The van der Waals surface area contributed by atoms with E-state index in [1.165, 1.54) is 4.31 Å². The molecule has 0 aliphatic carbocycles. The maximum Gasteiger partial charge on any atom is 0.355 e. The van der Waals surface area contributed by atoms with Crippen molar-refractivity contribution in [1.29, 1.82) is 0 Å². The van der Waals surface area contributed by atoms with Crippen molar-refractivity contribution in [3.05, 3.63) is 17.0 Å². The first-order valence-corrected chi connectivity index (χ1v) is 8.78. The lowest BCUT2D eigenvalue weighted by Gasteiger charge is -2.31. The minimum Gasteiger partial charge on any atom is -0.461 e. The molecule has 1 aliphatic heterocycles. The number of esters is 1. The lowest BCUT2D eigenvalue weighted by atomic mass is 10.2. The molecular formula is C14H23N3O4S. The van der Waals surface area contributed by atoms with Crippen molar-refractivity contribution >= 4 is 16.0 Å². The predicted molar refractivity (Wildman–Crippen MR) is 82.5 cm³/mol. The molecule has 2 heterocycles. The number of carbonyl (C=O) groups is 1. The molecular weight excluding hydrogens is 306 g/mol. The van der Waals surface area contributed by atoms with Crippen molar-refractivity contribution < 1.29 is 17.9 Å². The molecule has 0 spiro atoms. The van der Waals surface area contributed by atoms with Crippen LogP contribution in [0.25, 0.3) is 0 Å². The summed E-state index contributed by atoms with van der Waals surface area (Å²) in [5.41, 5.74) is 1.11. The molecule has 22 heavy (non-hydrogen) atoms. The molecule has 1 aromatic heterocycles. The Morgan fingerprint density at radius 1 is 1.23 bits per heavy atom. The van der Waals surface area contributed by atoms with Crippen molar-refractivity contribution in [3.8, 4) is 0 Å². The lowest BCUT2D eigenvalue weighted by molar-refractivity contribution is 0.0519. The summed E-state index contributed by atoms with van der Waals surface area (Å²) in [6, 6.07) is 0. The zero-order valence-electron chi connectivity index (χ0n) is 13.5. The van der Waals surface area contributed by atoms with Crippen molar-refractivity contribution in [2.45, 2.75) is 25.7 Å². The topological polar surface area (TPSA) is 82.7 Å².